The minimum Gasteiger partial charge on any atom is -0.240 e. The molecule has 1 aromatic heterocycles. The molecular formula is C26H17Cl3N2S. The van der Waals surface area contributed by atoms with Crippen LogP contribution in [0, 0.1) is 18.3 Å². The highest BCUT2D eigenvalue weighted by atomic mass is 35.5. The zero-order valence-corrected chi connectivity index (χ0v) is 20.2. The van der Waals surface area contributed by atoms with Gasteiger partial charge in [0.2, 0.25) is 0 Å². The summed E-state index contributed by atoms with van der Waals surface area (Å²) in [5, 5.41) is 12.5. The average molecular weight is 496 g/mol. The Morgan fingerprint density at radius 1 is 0.875 bits per heavy atom. The summed E-state index contributed by atoms with van der Waals surface area (Å²) in [5.74, 6) is 0.498. The molecule has 0 atom stereocenters. The molecule has 0 saturated heterocycles. The maximum absolute atomic E-state index is 10.0. The van der Waals surface area contributed by atoms with Crippen LogP contribution in [0.5, 0.6) is 0 Å². The molecule has 4 rings (SSSR count). The van der Waals surface area contributed by atoms with Crippen LogP contribution in [0.15, 0.2) is 77.8 Å². The molecule has 0 saturated carbocycles. The third-order valence-corrected chi connectivity index (χ3v) is 6.98. The van der Waals surface area contributed by atoms with Crippen molar-refractivity contribution in [3.63, 3.8) is 0 Å². The fourth-order valence-corrected chi connectivity index (χ4v) is 5.14. The van der Waals surface area contributed by atoms with Crippen LogP contribution >= 0.6 is 46.6 Å². The van der Waals surface area contributed by atoms with Crippen molar-refractivity contribution in [1.82, 2.24) is 4.98 Å². The SMILES string of the molecule is Cc1ccc(-c2cc(-c3ccc(Cl)cc3)c(C#N)c(SCc3c(Cl)cccc3Cl)n2)cc1. The van der Waals surface area contributed by atoms with Gasteiger partial charge in [0.15, 0.2) is 0 Å². The zero-order chi connectivity index (χ0) is 22.7. The lowest BCUT2D eigenvalue weighted by molar-refractivity contribution is 1.12. The molecule has 0 fully saturated rings. The molecule has 0 radical (unpaired) electrons. The van der Waals surface area contributed by atoms with Gasteiger partial charge in [-0.15, -0.1) is 11.8 Å². The van der Waals surface area contributed by atoms with Crippen molar-refractivity contribution in [2.75, 3.05) is 0 Å². The second-order valence-electron chi connectivity index (χ2n) is 7.21. The summed E-state index contributed by atoms with van der Waals surface area (Å²) in [6.45, 7) is 2.05. The molecule has 1 heterocycles. The quantitative estimate of drug-likeness (QED) is 0.259. The van der Waals surface area contributed by atoms with E-state index in [9.17, 15) is 5.26 Å². The third-order valence-electron chi connectivity index (χ3n) is 5.02. The van der Waals surface area contributed by atoms with Crippen molar-refractivity contribution in [2.45, 2.75) is 17.7 Å². The number of rotatable bonds is 5. The van der Waals surface area contributed by atoms with E-state index in [0.717, 1.165) is 27.9 Å². The summed E-state index contributed by atoms with van der Waals surface area (Å²) < 4.78 is 0. The van der Waals surface area contributed by atoms with E-state index < -0.39 is 0 Å². The molecule has 0 bridgehead atoms. The zero-order valence-electron chi connectivity index (χ0n) is 17.1. The van der Waals surface area contributed by atoms with Crippen LogP contribution in [-0.2, 0) is 5.75 Å². The average Bonchev–Trinajstić information content (AvgIpc) is 2.79. The van der Waals surface area contributed by atoms with E-state index in [1.54, 1.807) is 0 Å². The van der Waals surface area contributed by atoms with E-state index in [-0.39, 0.29) is 0 Å². The standard InChI is InChI=1S/C26H17Cl3N2S/c1-16-5-7-18(8-6-16)25-13-20(17-9-11-19(27)12-10-17)21(14-30)26(31-25)32-15-22-23(28)3-2-4-24(22)29/h2-13H,15H2,1H3. The first-order valence-corrected chi connectivity index (χ1v) is 11.9. The maximum Gasteiger partial charge on any atom is 0.115 e. The summed E-state index contributed by atoms with van der Waals surface area (Å²) >= 11 is 20.3. The van der Waals surface area contributed by atoms with Crippen LogP contribution in [0.25, 0.3) is 22.4 Å². The van der Waals surface area contributed by atoms with Crippen LogP contribution in [-0.4, -0.2) is 4.98 Å². The Bertz CT molecular complexity index is 1290. The largest absolute Gasteiger partial charge is 0.240 e. The number of hydrogen-bond donors (Lipinski definition) is 0. The number of aromatic nitrogens is 1. The number of pyridine rings is 1. The van der Waals surface area contributed by atoms with Crippen LogP contribution < -0.4 is 0 Å². The fourth-order valence-electron chi connectivity index (χ4n) is 3.27. The minimum absolute atomic E-state index is 0.498. The van der Waals surface area contributed by atoms with Gasteiger partial charge in [-0.2, -0.15) is 5.26 Å². The van der Waals surface area contributed by atoms with Gasteiger partial charge in [-0.1, -0.05) is 82.8 Å². The molecular weight excluding hydrogens is 479 g/mol. The molecule has 4 aromatic rings. The van der Waals surface area contributed by atoms with Crippen molar-refractivity contribution >= 4 is 46.6 Å². The van der Waals surface area contributed by atoms with Gasteiger partial charge in [0.05, 0.1) is 11.3 Å². The lowest BCUT2D eigenvalue weighted by Crippen LogP contribution is -1.97. The predicted molar refractivity (Wildman–Crippen MR) is 136 cm³/mol. The molecule has 0 aliphatic carbocycles. The van der Waals surface area contributed by atoms with Crippen molar-refractivity contribution in [3.8, 4) is 28.5 Å². The van der Waals surface area contributed by atoms with Crippen molar-refractivity contribution < 1.29 is 0 Å². The third kappa shape index (κ3) is 4.95. The number of thioether (sulfide) groups is 1. The lowest BCUT2D eigenvalue weighted by atomic mass is 9.99. The van der Waals surface area contributed by atoms with Gasteiger partial charge < -0.3 is 0 Å². The van der Waals surface area contributed by atoms with Gasteiger partial charge in [0.25, 0.3) is 0 Å². The smallest absolute Gasteiger partial charge is 0.115 e. The fraction of sp³-hybridized carbons (Fsp3) is 0.0769. The molecule has 0 unspecified atom stereocenters. The number of aryl methyl sites for hydroxylation is 1. The Morgan fingerprint density at radius 2 is 1.50 bits per heavy atom. The number of nitrogens with zero attached hydrogens (tertiary/aromatic N) is 2. The Hall–Kier alpha value is -2.48. The Labute approximate surface area is 206 Å². The van der Waals surface area contributed by atoms with Gasteiger partial charge >= 0.3 is 0 Å². The first-order chi connectivity index (χ1) is 15.5. The first kappa shape index (κ1) is 22.7. The van der Waals surface area contributed by atoms with Gasteiger partial charge in [0.1, 0.15) is 11.1 Å². The van der Waals surface area contributed by atoms with Crippen LogP contribution in [0.4, 0.5) is 0 Å². The highest BCUT2D eigenvalue weighted by Gasteiger charge is 2.17. The van der Waals surface area contributed by atoms with Crippen LogP contribution in [0.3, 0.4) is 0 Å². The van der Waals surface area contributed by atoms with Crippen molar-refractivity contribution in [2.24, 2.45) is 0 Å². The minimum atomic E-state index is 0.498. The number of hydrogen-bond acceptors (Lipinski definition) is 3. The van der Waals surface area contributed by atoms with Crippen LogP contribution in [0.1, 0.15) is 16.7 Å². The number of nitriles is 1. The second-order valence-corrected chi connectivity index (χ2v) is 9.42. The normalized spacial score (nSPS) is 10.7. The highest BCUT2D eigenvalue weighted by molar-refractivity contribution is 7.98. The monoisotopic (exact) mass is 494 g/mol. The van der Waals surface area contributed by atoms with Crippen molar-refractivity contribution in [1.29, 1.82) is 5.26 Å². The second kappa shape index (κ2) is 9.98. The molecule has 0 aliphatic heterocycles. The van der Waals surface area contributed by atoms with Gasteiger partial charge in [-0.05, 0) is 48.4 Å². The molecule has 0 spiro atoms. The van der Waals surface area contributed by atoms with E-state index >= 15 is 0 Å². The Kier molecular flexibility index (Phi) is 7.08. The molecule has 0 aliphatic rings. The Morgan fingerprint density at radius 3 is 2.12 bits per heavy atom. The van der Waals surface area contributed by atoms with Gasteiger partial charge in [0, 0.05) is 31.9 Å². The summed E-state index contributed by atoms with van der Waals surface area (Å²) in [6, 6.07) is 25.4. The molecule has 3 aromatic carbocycles. The number of benzene rings is 3. The maximum atomic E-state index is 10.0. The van der Waals surface area contributed by atoms with E-state index in [0.29, 0.717) is 31.4 Å². The van der Waals surface area contributed by atoms with E-state index in [1.807, 2.05) is 79.7 Å². The van der Waals surface area contributed by atoms with Crippen molar-refractivity contribution in [3.05, 3.63) is 105 Å². The van der Waals surface area contributed by atoms with E-state index in [4.69, 9.17) is 39.8 Å². The molecule has 0 amide bonds. The molecule has 158 valence electrons. The topological polar surface area (TPSA) is 36.7 Å². The molecule has 0 N–H and O–H groups in total. The molecule has 32 heavy (non-hydrogen) atoms. The summed E-state index contributed by atoms with van der Waals surface area (Å²) in [4.78, 5) is 4.85. The predicted octanol–water partition coefficient (Wildman–Crippen LogP) is 8.85. The highest BCUT2D eigenvalue weighted by Crippen LogP contribution is 2.37. The van der Waals surface area contributed by atoms with Gasteiger partial charge in [-0.25, -0.2) is 4.98 Å². The van der Waals surface area contributed by atoms with Crippen LogP contribution in [0.2, 0.25) is 15.1 Å². The summed E-state index contributed by atoms with van der Waals surface area (Å²) in [7, 11) is 0. The van der Waals surface area contributed by atoms with Gasteiger partial charge in [-0.3, -0.25) is 0 Å². The first-order valence-electron chi connectivity index (χ1n) is 9.80. The number of halogens is 3. The summed E-state index contributed by atoms with van der Waals surface area (Å²) in [6.07, 6.45) is 0. The van der Waals surface area contributed by atoms with E-state index in [2.05, 4.69) is 6.07 Å². The Balaban J connectivity index is 1.84. The molecule has 2 nitrogen and oxygen atoms in total. The summed E-state index contributed by atoms with van der Waals surface area (Å²) in [5.41, 5.74) is 5.98. The molecule has 6 heteroatoms. The lowest BCUT2D eigenvalue weighted by Gasteiger charge is -2.13. The van der Waals surface area contributed by atoms with E-state index in [1.165, 1.54) is 17.3 Å².